The van der Waals surface area contributed by atoms with E-state index in [0.717, 1.165) is 0 Å². The maximum absolute atomic E-state index is 14.0. The van der Waals surface area contributed by atoms with Crippen molar-refractivity contribution in [3.05, 3.63) is 35.6 Å². The van der Waals surface area contributed by atoms with E-state index in [0.29, 0.717) is 23.9 Å². The zero-order valence-corrected chi connectivity index (χ0v) is 12.6. The van der Waals surface area contributed by atoms with Gasteiger partial charge in [0, 0.05) is 12.1 Å². The van der Waals surface area contributed by atoms with Crippen LogP contribution in [-0.4, -0.2) is 23.4 Å². The van der Waals surface area contributed by atoms with Gasteiger partial charge in [0.15, 0.2) is 0 Å². The van der Waals surface area contributed by atoms with Crippen LogP contribution >= 0.6 is 0 Å². The summed E-state index contributed by atoms with van der Waals surface area (Å²) >= 11 is 0. The van der Waals surface area contributed by atoms with Gasteiger partial charge in [0.2, 0.25) is 5.91 Å². The molecule has 3 atom stereocenters. The van der Waals surface area contributed by atoms with Gasteiger partial charge in [-0.3, -0.25) is 10.1 Å². The number of rotatable bonds is 4. The molecule has 1 aromatic carbocycles. The van der Waals surface area contributed by atoms with Crippen molar-refractivity contribution in [2.45, 2.75) is 39.9 Å². The standard InChI is InChI=1S/C16H23FN2O/c1-10(2)11(3)9-19-15(18-12(4)16(19)20)13-7-5-6-8-14(13)17/h5-8,10-12,15,18H,9H2,1-4H3. The van der Waals surface area contributed by atoms with Crippen LogP contribution < -0.4 is 5.32 Å². The van der Waals surface area contributed by atoms with Crippen LogP contribution in [0, 0.1) is 17.7 Å². The number of nitrogens with zero attached hydrogens (tertiary/aromatic N) is 1. The van der Waals surface area contributed by atoms with E-state index in [1.54, 1.807) is 23.1 Å². The third kappa shape index (κ3) is 2.85. The normalized spacial score (nSPS) is 24.5. The molecule has 1 amide bonds. The fourth-order valence-corrected chi connectivity index (χ4v) is 2.45. The fraction of sp³-hybridized carbons (Fsp3) is 0.562. The van der Waals surface area contributed by atoms with Crippen molar-refractivity contribution in [2.24, 2.45) is 11.8 Å². The predicted molar refractivity (Wildman–Crippen MR) is 77.5 cm³/mol. The first kappa shape index (κ1) is 15.0. The Hall–Kier alpha value is -1.42. The Bertz CT molecular complexity index is 489. The highest BCUT2D eigenvalue weighted by Gasteiger charge is 2.38. The molecule has 2 rings (SSSR count). The zero-order chi connectivity index (χ0) is 14.9. The molecule has 1 heterocycles. The van der Waals surface area contributed by atoms with Crippen molar-refractivity contribution in [2.75, 3.05) is 6.54 Å². The Kier molecular flexibility index (Phi) is 4.43. The van der Waals surface area contributed by atoms with Crippen LogP contribution in [0.4, 0.5) is 4.39 Å². The quantitative estimate of drug-likeness (QED) is 0.918. The lowest BCUT2D eigenvalue weighted by molar-refractivity contribution is -0.130. The van der Waals surface area contributed by atoms with Gasteiger partial charge in [-0.1, -0.05) is 39.0 Å². The Balaban J connectivity index is 2.26. The van der Waals surface area contributed by atoms with Crippen molar-refractivity contribution in [3.63, 3.8) is 0 Å². The van der Waals surface area contributed by atoms with Gasteiger partial charge in [0.25, 0.3) is 0 Å². The molecule has 0 radical (unpaired) electrons. The minimum atomic E-state index is -0.361. The van der Waals surface area contributed by atoms with E-state index in [4.69, 9.17) is 0 Å². The smallest absolute Gasteiger partial charge is 0.241 e. The topological polar surface area (TPSA) is 32.3 Å². The van der Waals surface area contributed by atoms with E-state index in [9.17, 15) is 9.18 Å². The molecule has 0 spiro atoms. The summed E-state index contributed by atoms with van der Waals surface area (Å²) in [5, 5.41) is 3.19. The molecular weight excluding hydrogens is 255 g/mol. The lowest BCUT2D eigenvalue weighted by atomic mass is 9.97. The monoisotopic (exact) mass is 278 g/mol. The van der Waals surface area contributed by atoms with E-state index in [1.165, 1.54) is 6.07 Å². The van der Waals surface area contributed by atoms with Crippen LogP contribution in [0.3, 0.4) is 0 Å². The number of carbonyl (C=O) groups excluding carboxylic acids is 1. The molecule has 1 saturated heterocycles. The van der Waals surface area contributed by atoms with Crippen LogP contribution in [0.2, 0.25) is 0 Å². The molecule has 110 valence electrons. The molecule has 3 unspecified atom stereocenters. The van der Waals surface area contributed by atoms with Crippen molar-refractivity contribution < 1.29 is 9.18 Å². The summed E-state index contributed by atoms with van der Waals surface area (Å²) in [7, 11) is 0. The summed E-state index contributed by atoms with van der Waals surface area (Å²) in [6, 6.07) is 6.39. The number of amides is 1. The van der Waals surface area contributed by atoms with E-state index >= 15 is 0 Å². The Morgan fingerprint density at radius 1 is 1.30 bits per heavy atom. The van der Waals surface area contributed by atoms with Gasteiger partial charge < -0.3 is 4.90 Å². The predicted octanol–water partition coefficient (Wildman–Crippen LogP) is 2.94. The second kappa shape index (κ2) is 5.92. The van der Waals surface area contributed by atoms with Crippen molar-refractivity contribution in [1.29, 1.82) is 0 Å². The molecule has 0 saturated carbocycles. The molecule has 1 aromatic rings. The molecule has 0 aromatic heterocycles. The van der Waals surface area contributed by atoms with Crippen LogP contribution in [0.5, 0.6) is 0 Å². The third-order valence-electron chi connectivity index (χ3n) is 4.20. The first-order chi connectivity index (χ1) is 9.41. The molecular formula is C16H23FN2O. The summed E-state index contributed by atoms with van der Waals surface area (Å²) in [5.41, 5.74) is 0.543. The summed E-state index contributed by atoms with van der Waals surface area (Å²) < 4.78 is 14.0. The fourth-order valence-electron chi connectivity index (χ4n) is 2.45. The van der Waals surface area contributed by atoms with E-state index in [-0.39, 0.29) is 23.9 Å². The molecule has 0 bridgehead atoms. The molecule has 1 N–H and O–H groups in total. The van der Waals surface area contributed by atoms with Gasteiger partial charge in [0.1, 0.15) is 12.0 Å². The van der Waals surface area contributed by atoms with Crippen molar-refractivity contribution >= 4 is 5.91 Å². The SMILES string of the molecule is CC1NC(c2ccccc2F)N(CC(C)C(C)C)C1=O. The highest BCUT2D eigenvalue weighted by Crippen LogP contribution is 2.29. The van der Waals surface area contributed by atoms with Crippen LogP contribution in [-0.2, 0) is 4.79 Å². The summed E-state index contributed by atoms with van der Waals surface area (Å²) in [6.07, 6.45) is -0.361. The molecule has 1 aliphatic rings. The number of carbonyl (C=O) groups is 1. The highest BCUT2D eigenvalue weighted by atomic mass is 19.1. The van der Waals surface area contributed by atoms with Gasteiger partial charge in [-0.05, 0) is 24.8 Å². The molecule has 0 aliphatic carbocycles. The summed E-state index contributed by atoms with van der Waals surface area (Å²) in [5.74, 6) is 0.639. The number of halogens is 1. The largest absolute Gasteiger partial charge is 0.321 e. The average molecular weight is 278 g/mol. The Labute approximate surface area is 120 Å². The first-order valence-electron chi connectivity index (χ1n) is 7.22. The second-order valence-electron chi connectivity index (χ2n) is 6.02. The third-order valence-corrected chi connectivity index (χ3v) is 4.20. The zero-order valence-electron chi connectivity index (χ0n) is 12.6. The number of hydrogen-bond acceptors (Lipinski definition) is 2. The molecule has 1 aliphatic heterocycles. The number of hydrogen-bond donors (Lipinski definition) is 1. The molecule has 4 heteroatoms. The number of benzene rings is 1. The Morgan fingerprint density at radius 3 is 2.55 bits per heavy atom. The Morgan fingerprint density at radius 2 is 1.95 bits per heavy atom. The summed E-state index contributed by atoms with van der Waals surface area (Å²) in [4.78, 5) is 14.1. The van der Waals surface area contributed by atoms with E-state index in [2.05, 4.69) is 26.1 Å². The maximum Gasteiger partial charge on any atom is 0.241 e. The van der Waals surface area contributed by atoms with E-state index < -0.39 is 0 Å². The maximum atomic E-state index is 14.0. The average Bonchev–Trinajstić information content (AvgIpc) is 2.67. The minimum Gasteiger partial charge on any atom is -0.321 e. The minimum absolute atomic E-state index is 0.0470. The molecule has 20 heavy (non-hydrogen) atoms. The highest BCUT2D eigenvalue weighted by molar-refractivity contribution is 5.84. The first-order valence-corrected chi connectivity index (χ1v) is 7.22. The number of nitrogens with one attached hydrogen (secondary N) is 1. The van der Waals surface area contributed by atoms with Crippen molar-refractivity contribution in [3.8, 4) is 0 Å². The summed E-state index contributed by atoms with van der Waals surface area (Å²) in [6.45, 7) is 8.88. The van der Waals surface area contributed by atoms with Gasteiger partial charge >= 0.3 is 0 Å². The van der Waals surface area contributed by atoms with Crippen LogP contribution in [0.15, 0.2) is 24.3 Å². The molecule has 3 nitrogen and oxygen atoms in total. The van der Waals surface area contributed by atoms with Crippen LogP contribution in [0.1, 0.15) is 39.4 Å². The van der Waals surface area contributed by atoms with E-state index in [1.807, 2.05) is 6.92 Å². The van der Waals surface area contributed by atoms with Gasteiger partial charge in [-0.15, -0.1) is 0 Å². The van der Waals surface area contributed by atoms with Gasteiger partial charge in [0.05, 0.1) is 6.04 Å². The molecule has 1 fully saturated rings. The van der Waals surface area contributed by atoms with Crippen LogP contribution in [0.25, 0.3) is 0 Å². The lowest BCUT2D eigenvalue weighted by Crippen LogP contribution is -2.36. The van der Waals surface area contributed by atoms with Gasteiger partial charge in [-0.2, -0.15) is 0 Å². The van der Waals surface area contributed by atoms with Crippen molar-refractivity contribution in [1.82, 2.24) is 10.2 Å². The lowest BCUT2D eigenvalue weighted by Gasteiger charge is -2.29. The van der Waals surface area contributed by atoms with Gasteiger partial charge in [-0.25, -0.2) is 4.39 Å². The second-order valence-corrected chi connectivity index (χ2v) is 6.02.